The molecule has 3 rings (SSSR count). The molecule has 0 radical (unpaired) electrons. The zero-order valence-corrected chi connectivity index (χ0v) is 15.5. The molecule has 140 valence electrons. The lowest BCUT2D eigenvalue weighted by Gasteiger charge is -2.06. The van der Waals surface area contributed by atoms with Crippen molar-refractivity contribution in [1.29, 1.82) is 0 Å². The number of ether oxygens (including phenoxy) is 1. The molecule has 0 aliphatic rings. The average molecular weight is 387 g/mol. The first-order chi connectivity index (χ1) is 12.9. The molecular formula is C18H17N3O5S. The topological polar surface area (TPSA) is 111 Å². The summed E-state index contributed by atoms with van der Waals surface area (Å²) in [5, 5.41) is 3.86. The van der Waals surface area contributed by atoms with E-state index in [9.17, 15) is 13.2 Å². The monoisotopic (exact) mass is 387 g/mol. The molecule has 0 spiro atoms. The van der Waals surface area contributed by atoms with Crippen LogP contribution in [0.15, 0.2) is 57.9 Å². The number of methoxy groups -OCH3 is 1. The van der Waals surface area contributed by atoms with Crippen molar-refractivity contribution >= 4 is 16.0 Å². The molecule has 0 aliphatic carbocycles. The maximum atomic E-state index is 12.4. The van der Waals surface area contributed by atoms with E-state index < -0.39 is 16.0 Å². The van der Waals surface area contributed by atoms with E-state index in [0.717, 1.165) is 11.1 Å². The Morgan fingerprint density at radius 1 is 1.19 bits per heavy atom. The van der Waals surface area contributed by atoms with Gasteiger partial charge in [0.2, 0.25) is 21.7 Å². The lowest BCUT2D eigenvalue weighted by Crippen LogP contribution is -2.23. The molecule has 0 saturated carbocycles. The van der Waals surface area contributed by atoms with Gasteiger partial charge in [0, 0.05) is 5.56 Å². The fraction of sp³-hybridized carbons (Fsp3) is 0.167. The standard InChI is InChI=1S/C18H17N3O5S/c1-12-6-8-13(9-7-12)17-20-16(26-21-17)11-19-27(23,24)15-5-3-4-14(10-15)18(22)25-2/h3-10,19H,11H2,1-2H3. The SMILES string of the molecule is COC(=O)c1cccc(S(=O)(=O)NCc2nc(-c3ccc(C)cc3)no2)c1. The highest BCUT2D eigenvalue weighted by atomic mass is 32.2. The van der Waals surface area contributed by atoms with Gasteiger partial charge in [-0.2, -0.15) is 4.98 Å². The second-order valence-electron chi connectivity index (χ2n) is 5.72. The first-order valence-corrected chi connectivity index (χ1v) is 9.45. The number of rotatable bonds is 6. The third-order valence-corrected chi connectivity index (χ3v) is 5.16. The summed E-state index contributed by atoms with van der Waals surface area (Å²) in [5.41, 5.74) is 2.01. The van der Waals surface area contributed by atoms with Crippen molar-refractivity contribution in [2.75, 3.05) is 7.11 Å². The Kier molecular flexibility index (Phi) is 5.33. The smallest absolute Gasteiger partial charge is 0.337 e. The Hall–Kier alpha value is -3.04. The third-order valence-electron chi connectivity index (χ3n) is 3.76. The minimum absolute atomic E-state index is 0.0660. The zero-order chi connectivity index (χ0) is 19.4. The molecular weight excluding hydrogens is 370 g/mol. The summed E-state index contributed by atoms with van der Waals surface area (Å²) in [7, 11) is -2.64. The van der Waals surface area contributed by atoms with Crippen molar-refractivity contribution in [2.45, 2.75) is 18.4 Å². The van der Waals surface area contributed by atoms with Crippen LogP contribution in [-0.2, 0) is 21.3 Å². The van der Waals surface area contributed by atoms with E-state index in [2.05, 4.69) is 19.6 Å². The Labute approximate surface area is 156 Å². The molecule has 0 bridgehead atoms. The van der Waals surface area contributed by atoms with Gasteiger partial charge in [0.1, 0.15) is 0 Å². The molecule has 1 aromatic heterocycles. The van der Waals surface area contributed by atoms with Gasteiger partial charge in [-0.25, -0.2) is 17.9 Å². The van der Waals surface area contributed by atoms with Crippen molar-refractivity contribution < 1.29 is 22.5 Å². The van der Waals surface area contributed by atoms with Gasteiger partial charge in [0.05, 0.1) is 24.1 Å². The molecule has 1 heterocycles. The fourth-order valence-electron chi connectivity index (χ4n) is 2.29. The van der Waals surface area contributed by atoms with Gasteiger partial charge in [0.15, 0.2) is 0 Å². The second kappa shape index (κ2) is 7.68. The van der Waals surface area contributed by atoms with Crippen LogP contribution in [0, 0.1) is 6.92 Å². The normalized spacial score (nSPS) is 11.3. The number of nitrogens with one attached hydrogen (secondary N) is 1. The summed E-state index contributed by atoms with van der Waals surface area (Å²) >= 11 is 0. The molecule has 0 aliphatic heterocycles. The van der Waals surface area contributed by atoms with Crippen molar-refractivity contribution in [2.24, 2.45) is 0 Å². The molecule has 0 saturated heterocycles. The van der Waals surface area contributed by atoms with E-state index in [-0.39, 0.29) is 22.9 Å². The summed E-state index contributed by atoms with van der Waals surface area (Å²) in [6.45, 7) is 1.79. The summed E-state index contributed by atoms with van der Waals surface area (Å²) < 4.78 is 36.9. The molecule has 1 N–H and O–H groups in total. The number of sulfonamides is 1. The molecule has 0 fully saturated rings. The van der Waals surface area contributed by atoms with Crippen molar-refractivity contribution in [3.05, 3.63) is 65.5 Å². The first-order valence-electron chi connectivity index (χ1n) is 7.97. The maximum absolute atomic E-state index is 12.4. The van der Waals surface area contributed by atoms with Gasteiger partial charge in [-0.05, 0) is 25.1 Å². The van der Waals surface area contributed by atoms with E-state index in [1.807, 2.05) is 31.2 Å². The third kappa shape index (κ3) is 4.39. The van der Waals surface area contributed by atoms with E-state index in [4.69, 9.17) is 4.52 Å². The number of nitrogens with zero attached hydrogens (tertiary/aromatic N) is 2. The van der Waals surface area contributed by atoms with Gasteiger partial charge in [0.25, 0.3) is 0 Å². The minimum Gasteiger partial charge on any atom is -0.465 e. The van der Waals surface area contributed by atoms with Gasteiger partial charge < -0.3 is 9.26 Å². The Balaban J connectivity index is 1.73. The average Bonchev–Trinajstić information content (AvgIpc) is 3.15. The highest BCUT2D eigenvalue weighted by Crippen LogP contribution is 2.17. The van der Waals surface area contributed by atoms with Crippen LogP contribution < -0.4 is 4.72 Å². The van der Waals surface area contributed by atoms with E-state index in [1.165, 1.54) is 31.4 Å². The largest absolute Gasteiger partial charge is 0.465 e. The van der Waals surface area contributed by atoms with Crippen LogP contribution in [0.4, 0.5) is 0 Å². The van der Waals surface area contributed by atoms with Crippen LogP contribution in [0.25, 0.3) is 11.4 Å². The lowest BCUT2D eigenvalue weighted by molar-refractivity contribution is 0.0600. The Morgan fingerprint density at radius 3 is 2.63 bits per heavy atom. The number of aryl methyl sites for hydroxylation is 1. The summed E-state index contributed by atoms with van der Waals surface area (Å²) in [5.74, 6) is -0.123. The Bertz CT molecular complexity index is 1060. The van der Waals surface area contributed by atoms with Crippen LogP contribution in [0.1, 0.15) is 21.8 Å². The number of aromatic nitrogens is 2. The maximum Gasteiger partial charge on any atom is 0.337 e. The van der Waals surface area contributed by atoms with Gasteiger partial charge in [-0.1, -0.05) is 41.1 Å². The molecule has 8 nitrogen and oxygen atoms in total. The van der Waals surface area contributed by atoms with E-state index >= 15 is 0 Å². The summed E-state index contributed by atoms with van der Waals surface area (Å²) in [6.07, 6.45) is 0. The highest BCUT2D eigenvalue weighted by Gasteiger charge is 2.18. The van der Waals surface area contributed by atoms with Crippen LogP contribution >= 0.6 is 0 Å². The molecule has 3 aromatic rings. The van der Waals surface area contributed by atoms with Crippen molar-refractivity contribution in [3.63, 3.8) is 0 Å². The van der Waals surface area contributed by atoms with Crippen LogP contribution in [0.5, 0.6) is 0 Å². The van der Waals surface area contributed by atoms with Crippen LogP contribution in [-0.4, -0.2) is 31.6 Å². The quantitative estimate of drug-likeness (QED) is 0.646. The Morgan fingerprint density at radius 2 is 1.93 bits per heavy atom. The molecule has 0 amide bonds. The summed E-state index contributed by atoms with van der Waals surface area (Å²) in [4.78, 5) is 15.7. The second-order valence-corrected chi connectivity index (χ2v) is 7.49. The van der Waals surface area contributed by atoms with Gasteiger partial charge in [-0.15, -0.1) is 0 Å². The fourth-order valence-corrected chi connectivity index (χ4v) is 3.31. The molecule has 0 atom stereocenters. The number of carbonyl (C=O) groups is 1. The first kappa shape index (κ1) is 18.7. The summed E-state index contributed by atoms with van der Waals surface area (Å²) in [6, 6.07) is 13.1. The van der Waals surface area contributed by atoms with E-state index in [1.54, 1.807) is 0 Å². The lowest BCUT2D eigenvalue weighted by atomic mass is 10.1. The van der Waals surface area contributed by atoms with Gasteiger partial charge >= 0.3 is 5.97 Å². The highest BCUT2D eigenvalue weighted by molar-refractivity contribution is 7.89. The van der Waals surface area contributed by atoms with Crippen LogP contribution in [0.2, 0.25) is 0 Å². The zero-order valence-electron chi connectivity index (χ0n) is 14.7. The van der Waals surface area contributed by atoms with Crippen molar-refractivity contribution in [3.8, 4) is 11.4 Å². The molecule has 2 aromatic carbocycles. The predicted octanol–water partition coefficient (Wildman–Crippen LogP) is 2.31. The van der Waals surface area contributed by atoms with Gasteiger partial charge in [-0.3, -0.25) is 0 Å². The molecule has 9 heteroatoms. The van der Waals surface area contributed by atoms with Crippen molar-refractivity contribution in [1.82, 2.24) is 14.9 Å². The minimum atomic E-state index is -3.87. The predicted molar refractivity (Wildman–Crippen MR) is 96.3 cm³/mol. The molecule has 27 heavy (non-hydrogen) atoms. The number of hydrogen-bond acceptors (Lipinski definition) is 7. The number of benzene rings is 2. The number of hydrogen-bond donors (Lipinski definition) is 1. The number of carbonyl (C=O) groups excluding carboxylic acids is 1. The number of esters is 1. The van der Waals surface area contributed by atoms with Crippen LogP contribution in [0.3, 0.4) is 0 Å². The van der Waals surface area contributed by atoms with E-state index in [0.29, 0.717) is 5.82 Å². The molecule has 0 unspecified atom stereocenters.